The lowest BCUT2D eigenvalue weighted by Crippen LogP contribution is -2.12. The minimum absolute atomic E-state index is 0.349. The van der Waals surface area contributed by atoms with Gasteiger partial charge in [-0.05, 0) is 18.6 Å². The zero-order chi connectivity index (χ0) is 12.4. The smallest absolute Gasteiger partial charge is 0.0893 e. The Morgan fingerprint density at radius 3 is 2.88 bits per heavy atom. The number of nitrogens with one attached hydrogen (secondary N) is 1. The highest BCUT2D eigenvalue weighted by atomic mass is 35.5. The zero-order valence-electron chi connectivity index (χ0n) is 10.00. The van der Waals surface area contributed by atoms with Gasteiger partial charge in [0.1, 0.15) is 0 Å². The molecule has 0 bridgehead atoms. The number of aromatic nitrogens is 1. The predicted molar refractivity (Wildman–Crippen MR) is 73.3 cm³/mol. The summed E-state index contributed by atoms with van der Waals surface area (Å²) in [7, 11) is 0. The summed E-state index contributed by atoms with van der Waals surface area (Å²) in [5.74, 6) is 5.90. The van der Waals surface area contributed by atoms with Crippen molar-refractivity contribution in [2.75, 3.05) is 5.43 Å². The van der Waals surface area contributed by atoms with Gasteiger partial charge in [-0.25, -0.2) is 4.98 Å². The van der Waals surface area contributed by atoms with E-state index in [-0.39, 0.29) is 0 Å². The van der Waals surface area contributed by atoms with Crippen molar-refractivity contribution in [2.24, 2.45) is 5.84 Å². The number of nitrogens with two attached hydrogens (primary N) is 1. The molecule has 3 N–H and O–H groups in total. The molecule has 1 unspecified atom stereocenters. The van der Waals surface area contributed by atoms with Gasteiger partial charge in [-0.3, -0.25) is 5.84 Å². The van der Waals surface area contributed by atoms with Crippen LogP contribution >= 0.6 is 11.6 Å². The van der Waals surface area contributed by atoms with E-state index in [9.17, 15) is 0 Å². The fourth-order valence-electron chi connectivity index (χ4n) is 1.86. The van der Waals surface area contributed by atoms with Gasteiger partial charge in [0.25, 0.3) is 0 Å². The van der Waals surface area contributed by atoms with Crippen molar-refractivity contribution in [3.05, 3.63) is 35.0 Å². The molecular weight excluding hydrogens is 234 g/mol. The molecule has 1 aromatic carbocycles. The first-order valence-electron chi connectivity index (χ1n) is 5.73. The number of rotatable bonds is 3. The van der Waals surface area contributed by atoms with Crippen LogP contribution in [0.15, 0.2) is 24.3 Å². The summed E-state index contributed by atoms with van der Waals surface area (Å²) in [5.41, 5.74) is 5.39. The Morgan fingerprint density at radius 2 is 2.24 bits per heavy atom. The highest BCUT2D eigenvalue weighted by Crippen LogP contribution is 2.30. The molecule has 2 rings (SSSR count). The maximum absolute atomic E-state index is 6.16. The number of pyridine rings is 1. The van der Waals surface area contributed by atoms with Crippen LogP contribution < -0.4 is 11.3 Å². The molecule has 90 valence electrons. The molecule has 1 heterocycles. The van der Waals surface area contributed by atoms with E-state index in [4.69, 9.17) is 17.4 Å². The second-order valence-electron chi connectivity index (χ2n) is 4.19. The molecule has 0 saturated heterocycles. The van der Waals surface area contributed by atoms with Crippen LogP contribution in [0.25, 0.3) is 10.9 Å². The summed E-state index contributed by atoms with van der Waals surface area (Å²) in [4.78, 5) is 4.64. The Bertz CT molecular complexity index is 539. The summed E-state index contributed by atoms with van der Waals surface area (Å²) >= 11 is 6.16. The zero-order valence-corrected chi connectivity index (χ0v) is 10.8. The quantitative estimate of drug-likeness (QED) is 0.644. The maximum Gasteiger partial charge on any atom is 0.0893 e. The summed E-state index contributed by atoms with van der Waals surface area (Å²) in [6.07, 6.45) is 1.01. The van der Waals surface area contributed by atoms with Gasteiger partial charge in [-0.2, -0.15) is 0 Å². The molecule has 0 radical (unpaired) electrons. The minimum atomic E-state index is 0.349. The molecule has 0 spiro atoms. The number of anilines is 1. The van der Waals surface area contributed by atoms with Crippen LogP contribution in [0.2, 0.25) is 5.02 Å². The summed E-state index contributed by atoms with van der Waals surface area (Å²) in [6.45, 7) is 4.26. The molecule has 0 aliphatic heterocycles. The second kappa shape index (κ2) is 4.90. The molecule has 4 heteroatoms. The highest BCUT2D eigenvalue weighted by Gasteiger charge is 2.13. The lowest BCUT2D eigenvalue weighted by atomic mass is 10.0. The van der Waals surface area contributed by atoms with Gasteiger partial charge < -0.3 is 5.43 Å². The molecule has 0 aliphatic carbocycles. The molecule has 1 atom stereocenters. The van der Waals surface area contributed by atoms with E-state index in [1.54, 1.807) is 0 Å². The third-order valence-electron chi connectivity index (χ3n) is 3.06. The molecular formula is C13H16ClN3. The fraction of sp³-hybridized carbons (Fsp3) is 0.308. The summed E-state index contributed by atoms with van der Waals surface area (Å²) in [5, 5.41) is 1.67. The highest BCUT2D eigenvalue weighted by molar-refractivity contribution is 6.35. The topological polar surface area (TPSA) is 50.9 Å². The Labute approximate surface area is 106 Å². The monoisotopic (exact) mass is 249 g/mol. The second-order valence-corrected chi connectivity index (χ2v) is 4.59. The lowest BCUT2D eigenvalue weighted by Gasteiger charge is -2.15. The van der Waals surface area contributed by atoms with E-state index in [1.165, 1.54) is 0 Å². The Balaban J connectivity index is 2.70. The third kappa shape index (κ3) is 2.21. The van der Waals surface area contributed by atoms with E-state index in [0.29, 0.717) is 10.9 Å². The Morgan fingerprint density at radius 1 is 1.47 bits per heavy atom. The van der Waals surface area contributed by atoms with Crippen LogP contribution in [0.3, 0.4) is 0 Å². The molecule has 0 fully saturated rings. The molecule has 0 saturated carbocycles. The van der Waals surface area contributed by atoms with Gasteiger partial charge >= 0.3 is 0 Å². The Hall–Kier alpha value is -1.32. The van der Waals surface area contributed by atoms with Crippen molar-refractivity contribution >= 4 is 28.2 Å². The van der Waals surface area contributed by atoms with E-state index in [1.807, 2.05) is 24.3 Å². The number of nitrogen functional groups attached to an aromatic ring is 1. The number of benzene rings is 1. The largest absolute Gasteiger partial charge is 0.322 e. The van der Waals surface area contributed by atoms with Crippen molar-refractivity contribution in [2.45, 2.75) is 26.2 Å². The van der Waals surface area contributed by atoms with E-state index >= 15 is 0 Å². The molecule has 2 aromatic rings. The van der Waals surface area contributed by atoms with Crippen molar-refractivity contribution in [3.8, 4) is 0 Å². The van der Waals surface area contributed by atoms with E-state index in [2.05, 4.69) is 24.3 Å². The van der Waals surface area contributed by atoms with Gasteiger partial charge in [0.15, 0.2) is 0 Å². The van der Waals surface area contributed by atoms with Crippen LogP contribution in [0, 0.1) is 0 Å². The number of hydrazine groups is 1. The SMILES string of the molecule is CCC(C)c1nc2c(Cl)cccc2cc1NN. The van der Waals surface area contributed by atoms with Crippen molar-refractivity contribution in [3.63, 3.8) is 0 Å². The van der Waals surface area contributed by atoms with Gasteiger partial charge in [0, 0.05) is 11.3 Å². The molecule has 1 aromatic heterocycles. The third-order valence-corrected chi connectivity index (χ3v) is 3.37. The average Bonchev–Trinajstić information content (AvgIpc) is 2.37. The molecule has 0 aliphatic rings. The van der Waals surface area contributed by atoms with Crippen molar-refractivity contribution in [1.29, 1.82) is 0 Å². The maximum atomic E-state index is 6.16. The van der Waals surface area contributed by atoms with Crippen LogP contribution in [-0.2, 0) is 0 Å². The van der Waals surface area contributed by atoms with Gasteiger partial charge in [0.2, 0.25) is 0 Å². The number of nitrogens with zero attached hydrogens (tertiary/aromatic N) is 1. The first-order valence-corrected chi connectivity index (χ1v) is 6.11. The van der Waals surface area contributed by atoms with Crippen LogP contribution in [0.5, 0.6) is 0 Å². The molecule has 17 heavy (non-hydrogen) atoms. The van der Waals surface area contributed by atoms with Gasteiger partial charge in [-0.15, -0.1) is 0 Å². The number of hydrogen-bond acceptors (Lipinski definition) is 3. The lowest BCUT2D eigenvalue weighted by molar-refractivity contribution is 0.713. The van der Waals surface area contributed by atoms with Crippen molar-refractivity contribution in [1.82, 2.24) is 4.98 Å². The number of para-hydroxylation sites is 1. The normalized spacial score (nSPS) is 12.7. The average molecular weight is 250 g/mol. The minimum Gasteiger partial charge on any atom is -0.322 e. The summed E-state index contributed by atoms with van der Waals surface area (Å²) in [6, 6.07) is 7.74. The molecule has 0 amide bonds. The van der Waals surface area contributed by atoms with Crippen LogP contribution in [-0.4, -0.2) is 4.98 Å². The Kier molecular flexibility index (Phi) is 3.50. The van der Waals surface area contributed by atoms with E-state index < -0.39 is 0 Å². The predicted octanol–water partition coefficient (Wildman–Crippen LogP) is 3.69. The van der Waals surface area contributed by atoms with Gasteiger partial charge in [-0.1, -0.05) is 37.6 Å². The molecule has 3 nitrogen and oxygen atoms in total. The summed E-state index contributed by atoms with van der Waals surface area (Å²) < 4.78 is 0. The van der Waals surface area contributed by atoms with Crippen LogP contribution in [0.1, 0.15) is 31.9 Å². The standard InChI is InChI=1S/C13H16ClN3/c1-3-8(2)12-11(17-15)7-9-5-4-6-10(14)13(9)16-12/h4-8,17H,3,15H2,1-2H3. The van der Waals surface area contributed by atoms with Crippen molar-refractivity contribution < 1.29 is 0 Å². The number of fused-ring (bicyclic) bond motifs is 1. The number of hydrogen-bond donors (Lipinski definition) is 2. The first-order chi connectivity index (χ1) is 8.17. The number of halogens is 1. The van der Waals surface area contributed by atoms with E-state index in [0.717, 1.165) is 28.7 Å². The van der Waals surface area contributed by atoms with Crippen LogP contribution in [0.4, 0.5) is 5.69 Å². The first kappa shape index (κ1) is 12.1. The van der Waals surface area contributed by atoms with Gasteiger partial charge in [0.05, 0.1) is 21.9 Å². The fourth-order valence-corrected chi connectivity index (χ4v) is 2.09.